The Kier molecular flexibility index (Phi) is 2.47. The third-order valence-corrected chi connectivity index (χ3v) is 2.77. The maximum absolute atomic E-state index is 10.4. The zero-order valence-corrected chi connectivity index (χ0v) is 8.82. The smallest absolute Gasteiger partial charge is 0.258 e. The zero-order valence-electron chi connectivity index (χ0n) is 8.01. The van der Waals surface area contributed by atoms with Crippen molar-refractivity contribution in [3.05, 3.63) is 44.8 Å². The van der Waals surface area contributed by atoms with E-state index >= 15 is 0 Å². The van der Waals surface area contributed by atoms with Gasteiger partial charge in [0.1, 0.15) is 0 Å². The maximum Gasteiger partial charge on any atom is 0.269 e. The van der Waals surface area contributed by atoms with E-state index in [1.807, 2.05) is 12.3 Å². The first-order valence-corrected chi connectivity index (χ1v) is 5.22. The monoisotopic (exact) mass is 220 g/mol. The molecule has 0 aliphatic carbocycles. The van der Waals surface area contributed by atoms with Gasteiger partial charge in [-0.1, -0.05) is 0 Å². The van der Waals surface area contributed by atoms with Crippen molar-refractivity contribution in [1.29, 1.82) is 0 Å². The van der Waals surface area contributed by atoms with Crippen LogP contribution in [0.15, 0.2) is 29.6 Å². The Bertz CT molecular complexity index is 490. The topological polar surface area (TPSA) is 56.0 Å². The standard InChI is InChI=1S/C10H8N2O2S/c1-7-11-10(6-15-7)8-2-4-9(5-3-8)12(13)14/h2-6H,1H3. The van der Waals surface area contributed by atoms with Crippen LogP contribution in [0.2, 0.25) is 0 Å². The van der Waals surface area contributed by atoms with Crippen LogP contribution >= 0.6 is 11.3 Å². The molecule has 1 aromatic carbocycles. The van der Waals surface area contributed by atoms with Crippen molar-refractivity contribution in [3.8, 4) is 11.3 Å². The Labute approximate surface area is 90.4 Å². The molecule has 0 bridgehead atoms. The minimum Gasteiger partial charge on any atom is -0.258 e. The van der Waals surface area contributed by atoms with Gasteiger partial charge in [-0.05, 0) is 19.1 Å². The average Bonchev–Trinajstić information content (AvgIpc) is 2.65. The van der Waals surface area contributed by atoms with Gasteiger partial charge in [0.25, 0.3) is 5.69 Å². The first kappa shape index (κ1) is 9.79. The second kappa shape index (κ2) is 3.78. The average molecular weight is 220 g/mol. The molecule has 0 N–H and O–H groups in total. The molecule has 5 heteroatoms. The third kappa shape index (κ3) is 2.02. The van der Waals surface area contributed by atoms with Crippen LogP contribution < -0.4 is 0 Å². The molecule has 1 heterocycles. The van der Waals surface area contributed by atoms with Crippen LogP contribution in [-0.2, 0) is 0 Å². The molecule has 15 heavy (non-hydrogen) atoms. The normalized spacial score (nSPS) is 10.2. The molecule has 4 nitrogen and oxygen atoms in total. The van der Waals surface area contributed by atoms with Crippen molar-refractivity contribution in [1.82, 2.24) is 4.98 Å². The quantitative estimate of drug-likeness (QED) is 0.577. The molecule has 2 rings (SSSR count). The van der Waals surface area contributed by atoms with E-state index in [1.54, 1.807) is 23.5 Å². The summed E-state index contributed by atoms with van der Waals surface area (Å²) in [7, 11) is 0. The van der Waals surface area contributed by atoms with Gasteiger partial charge in [0.2, 0.25) is 0 Å². The van der Waals surface area contributed by atoms with E-state index < -0.39 is 4.92 Å². The fraction of sp³-hybridized carbons (Fsp3) is 0.100. The number of hydrogen-bond acceptors (Lipinski definition) is 4. The number of nitro benzene ring substituents is 1. The first-order chi connectivity index (χ1) is 7.16. The lowest BCUT2D eigenvalue weighted by Gasteiger charge is -1.95. The molecule has 0 aliphatic heterocycles. The van der Waals surface area contributed by atoms with Gasteiger partial charge in [-0.15, -0.1) is 11.3 Å². The van der Waals surface area contributed by atoms with Gasteiger partial charge >= 0.3 is 0 Å². The van der Waals surface area contributed by atoms with E-state index in [1.165, 1.54) is 12.1 Å². The number of thiazole rings is 1. The summed E-state index contributed by atoms with van der Waals surface area (Å²) >= 11 is 1.56. The van der Waals surface area contributed by atoms with Crippen molar-refractivity contribution >= 4 is 17.0 Å². The lowest BCUT2D eigenvalue weighted by Crippen LogP contribution is -1.87. The van der Waals surface area contributed by atoms with E-state index in [0.29, 0.717) is 0 Å². The second-order valence-corrected chi connectivity index (χ2v) is 4.12. The highest BCUT2D eigenvalue weighted by Gasteiger charge is 2.06. The summed E-state index contributed by atoms with van der Waals surface area (Å²) in [5.74, 6) is 0. The van der Waals surface area contributed by atoms with E-state index in [-0.39, 0.29) is 5.69 Å². The van der Waals surface area contributed by atoms with Gasteiger partial charge in [-0.25, -0.2) is 4.98 Å². The Morgan fingerprint density at radius 3 is 2.47 bits per heavy atom. The van der Waals surface area contributed by atoms with Gasteiger partial charge in [0.05, 0.1) is 15.6 Å². The van der Waals surface area contributed by atoms with Crippen LogP contribution in [0.4, 0.5) is 5.69 Å². The molecular weight excluding hydrogens is 212 g/mol. The molecule has 0 saturated heterocycles. The molecule has 0 saturated carbocycles. The van der Waals surface area contributed by atoms with Crippen LogP contribution in [-0.4, -0.2) is 9.91 Å². The van der Waals surface area contributed by atoms with Gasteiger partial charge in [0, 0.05) is 23.1 Å². The van der Waals surface area contributed by atoms with Gasteiger partial charge in [-0.2, -0.15) is 0 Å². The zero-order chi connectivity index (χ0) is 10.8. The summed E-state index contributed by atoms with van der Waals surface area (Å²) in [4.78, 5) is 14.3. The maximum atomic E-state index is 10.4. The van der Waals surface area contributed by atoms with Gasteiger partial charge in [0.15, 0.2) is 0 Å². The Balaban J connectivity index is 2.35. The number of nitro groups is 1. The molecule has 0 atom stereocenters. The predicted octanol–water partition coefficient (Wildman–Crippen LogP) is 3.03. The van der Waals surface area contributed by atoms with Crippen molar-refractivity contribution in [3.63, 3.8) is 0 Å². The Morgan fingerprint density at radius 2 is 2.00 bits per heavy atom. The van der Waals surface area contributed by atoms with Crippen LogP contribution in [0, 0.1) is 17.0 Å². The highest BCUT2D eigenvalue weighted by Crippen LogP contribution is 2.23. The van der Waals surface area contributed by atoms with Crippen molar-refractivity contribution in [2.75, 3.05) is 0 Å². The molecule has 0 fully saturated rings. The first-order valence-electron chi connectivity index (χ1n) is 4.34. The number of aromatic nitrogens is 1. The van der Waals surface area contributed by atoms with Crippen LogP contribution in [0.1, 0.15) is 5.01 Å². The van der Waals surface area contributed by atoms with Crippen LogP contribution in [0.5, 0.6) is 0 Å². The Morgan fingerprint density at radius 1 is 1.33 bits per heavy atom. The van der Waals surface area contributed by atoms with E-state index in [9.17, 15) is 10.1 Å². The number of hydrogen-bond donors (Lipinski definition) is 0. The fourth-order valence-corrected chi connectivity index (χ4v) is 1.87. The summed E-state index contributed by atoms with van der Waals surface area (Å²) in [5.41, 5.74) is 1.88. The molecule has 0 radical (unpaired) electrons. The minimum atomic E-state index is -0.407. The van der Waals surface area contributed by atoms with Crippen LogP contribution in [0.3, 0.4) is 0 Å². The van der Waals surface area contributed by atoms with Gasteiger partial charge < -0.3 is 0 Å². The third-order valence-electron chi connectivity index (χ3n) is 1.99. The molecule has 0 aliphatic rings. The lowest BCUT2D eigenvalue weighted by atomic mass is 10.1. The Hall–Kier alpha value is -1.75. The van der Waals surface area contributed by atoms with E-state index in [0.717, 1.165) is 16.3 Å². The molecule has 0 unspecified atom stereocenters. The SMILES string of the molecule is Cc1nc(-c2ccc([N+](=O)[O-])cc2)cs1. The summed E-state index contributed by atoms with van der Waals surface area (Å²) < 4.78 is 0. The summed E-state index contributed by atoms with van der Waals surface area (Å²) in [6, 6.07) is 6.41. The van der Waals surface area contributed by atoms with E-state index in [2.05, 4.69) is 4.98 Å². The second-order valence-electron chi connectivity index (χ2n) is 3.06. The van der Waals surface area contributed by atoms with Crippen molar-refractivity contribution in [2.45, 2.75) is 6.92 Å². The summed E-state index contributed by atoms with van der Waals surface area (Å²) in [6.45, 7) is 1.93. The molecular formula is C10H8N2O2S. The lowest BCUT2D eigenvalue weighted by molar-refractivity contribution is -0.384. The van der Waals surface area contributed by atoms with Crippen molar-refractivity contribution < 1.29 is 4.92 Å². The highest BCUT2D eigenvalue weighted by molar-refractivity contribution is 7.09. The number of aryl methyl sites for hydroxylation is 1. The number of non-ortho nitro benzene ring substituents is 1. The largest absolute Gasteiger partial charge is 0.269 e. The molecule has 0 amide bonds. The number of nitrogens with zero attached hydrogens (tertiary/aromatic N) is 2. The molecule has 0 spiro atoms. The molecule has 1 aromatic heterocycles. The number of rotatable bonds is 2. The summed E-state index contributed by atoms with van der Waals surface area (Å²) in [6.07, 6.45) is 0. The molecule has 76 valence electrons. The minimum absolute atomic E-state index is 0.103. The molecule has 2 aromatic rings. The number of benzene rings is 1. The van der Waals surface area contributed by atoms with Gasteiger partial charge in [-0.3, -0.25) is 10.1 Å². The highest BCUT2D eigenvalue weighted by atomic mass is 32.1. The predicted molar refractivity (Wildman–Crippen MR) is 58.9 cm³/mol. The van der Waals surface area contributed by atoms with Crippen molar-refractivity contribution in [2.24, 2.45) is 0 Å². The van der Waals surface area contributed by atoms with Crippen LogP contribution in [0.25, 0.3) is 11.3 Å². The summed E-state index contributed by atoms with van der Waals surface area (Å²) in [5, 5.41) is 13.4. The van der Waals surface area contributed by atoms with E-state index in [4.69, 9.17) is 0 Å². The fourth-order valence-electron chi connectivity index (χ4n) is 1.25.